The average Bonchev–Trinajstić information content (AvgIpc) is 3.05. The van der Waals surface area contributed by atoms with Gasteiger partial charge in [-0.2, -0.15) is 15.0 Å². The Bertz CT molecular complexity index is 1410. The standard InChI is InChI=1S/C31H38FN9O3/c32-26-10-6-24(7-11-26)22-38-31-40-29(36-15-12-27-3-1-2-14-34-27)39-30(41-31)37-21-23-4-8-25(9-5-23)28(42)35-16-18-44-20-19-43-17-13-33/h1-11,14H,12-13,15-22,33H2,(H,35,42)(H3,36,37,38,39,40,41). The molecule has 0 spiro atoms. The molecular formula is C31H38FN9O3. The Labute approximate surface area is 256 Å². The van der Waals surface area contributed by atoms with E-state index in [2.05, 4.69) is 41.2 Å². The Morgan fingerprint density at radius 3 is 1.95 bits per heavy atom. The van der Waals surface area contributed by atoms with Gasteiger partial charge in [0.15, 0.2) is 0 Å². The summed E-state index contributed by atoms with van der Waals surface area (Å²) in [7, 11) is 0. The number of nitrogens with two attached hydrogens (primary N) is 1. The van der Waals surface area contributed by atoms with Crippen LogP contribution in [-0.2, 0) is 29.0 Å². The zero-order valence-corrected chi connectivity index (χ0v) is 24.5. The molecule has 4 rings (SSSR count). The molecule has 0 aliphatic carbocycles. The predicted octanol–water partition coefficient (Wildman–Crippen LogP) is 3.01. The first-order valence-electron chi connectivity index (χ1n) is 14.4. The SMILES string of the molecule is NCCOCCOCCNC(=O)c1ccc(CNc2nc(NCCc3ccccn3)nc(NCc3ccc(F)cc3)n2)cc1. The number of rotatable bonds is 19. The number of ether oxygens (including phenoxy) is 2. The van der Waals surface area contributed by atoms with E-state index in [0.717, 1.165) is 16.8 Å². The third-order valence-corrected chi connectivity index (χ3v) is 6.22. The van der Waals surface area contributed by atoms with Crippen LogP contribution in [0.1, 0.15) is 27.2 Å². The molecule has 0 bridgehead atoms. The van der Waals surface area contributed by atoms with E-state index in [9.17, 15) is 9.18 Å². The molecule has 2 aromatic carbocycles. The minimum Gasteiger partial charge on any atom is -0.378 e. The van der Waals surface area contributed by atoms with Crippen molar-refractivity contribution in [2.75, 3.05) is 62.0 Å². The van der Waals surface area contributed by atoms with Crippen molar-refractivity contribution in [2.24, 2.45) is 5.73 Å². The van der Waals surface area contributed by atoms with Gasteiger partial charge < -0.3 is 36.5 Å². The van der Waals surface area contributed by atoms with Gasteiger partial charge in [0, 0.05) is 56.6 Å². The molecule has 0 saturated carbocycles. The number of halogens is 1. The number of pyridine rings is 1. The number of benzene rings is 2. The number of anilines is 3. The molecule has 44 heavy (non-hydrogen) atoms. The maximum Gasteiger partial charge on any atom is 0.251 e. The molecule has 2 heterocycles. The molecule has 0 fully saturated rings. The second-order valence-corrected chi connectivity index (χ2v) is 9.60. The van der Waals surface area contributed by atoms with Crippen molar-refractivity contribution >= 4 is 23.8 Å². The van der Waals surface area contributed by atoms with E-state index in [-0.39, 0.29) is 11.7 Å². The van der Waals surface area contributed by atoms with Crippen molar-refractivity contribution in [1.82, 2.24) is 25.3 Å². The average molecular weight is 604 g/mol. The first kappa shape index (κ1) is 32.2. The maximum atomic E-state index is 13.3. The van der Waals surface area contributed by atoms with Crippen LogP contribution < -0.4 is 27.0 Å². The molecule has 0 saturated heterocycles. The normalized spacial score (nSPS) is 10.8. The van der Waals surface area contributed by atoms with Crippen molar-refractivity contribution in [3.8, 4) is 0 Å². The van der Waals surface area contributed by atoms with Gasteiger partial charge in [-0.3, -0.25) is 9.78 Å². The Morgan fingerprint density at radius 2 is 1.34 bits per heavy atom. The predicted molar refractivity (Wildman–Crippen MR) is 167 cm³/mol. The van der Waals surface area contributed by atoms with Crippen LogP contribution in [0.5, 0.6) is 0 Å². The molecule has 0 aliphatic heterocycles. The molecule has 232 valence electrons. The van der Waals surface area contributed by atoms with Crippen LogP contribution in [0, 0.1) is 5.82 Å². The molecule has 2 aromatic heterocycles. The van der Waals surface area contributed by atoms with Crippen LogP contribution in [-0.4, -0.2) is 71.9 Å². The van der Waals surface area contributed by atoms with Crippen molar-refractivity contribution in [2.45, 2.75) is 19.5 Å². The van der Waals surface area contributed by atoms with Crippen LogP contribution >= 0.6 is 0 Å². The van der Waals surface area contributed by atoms with E-state index in [0.29, 0.717) is 89.0 Å². The van der Waals surface area contributed by atoms with E-state index in [1.54, 1.807) is 30.5 Å². The van der Waals surface area contributed by atoms with Crippen molar-refractivity contribution < 1.29 is 18.7 Å². The molecular weight excluding hydrogens is 565 g/mol. The van der Waals surface area contributed by atoms with Crippen LogP contribution in [0.15, 0.2) is 72.9 Å². The summed E-state index contributed by atoms with van der Waals surface area (Å²) < 4.78 is 24.0. The summed E-state index contributed by atoms with van der Waals surface area (Å²) in [4.78, 5) is 30.3. The van der Waals surface area contributed by atoms with Crippen LogP contribution in [0.3, 0.4) is 0 Å². The van der Waals surface area contributed by atoms with Gasteiger partial charge >= 0.3 is 0 Å². The van der Waals surface area contributed by atoms with Gasteiger partial charge in [0.1, 0.15) is 5.82 Å². The van der Waals surface area contributed by atoms with E-state index in [1.165, 1.54) is 12.1 Å². The topological polar surface area (TPSA) is 161 Å². The molecule has 0 aliphatic rings. The number of nitrogens with one attached hydrogen (secondary N) is 4. The first-order valence-corrected chi connectivity index (χ1v) is 14.4. The van der Waals surface area contributed by atoms with E-state index in [1.807, 2.05) is 30.3 Å². The third kappa shape index (κ3) is 11.5. The van der Waals surface area contributed by atoms with Gasteiger partial charge in [0.2, 0.25) is 17.8 Å². The van der Waals surface area contributed by atoms with E-state index < -0.39 is 0 Å². The molecule has 0 radical (unpaired) electrons. The van der Waals surface area contributed by atoms with Crippen molar-refractivity contribution in [1.29, 1.82) is 0 Å². The molecule has 1 amide bonds. The second kappa shape index (κ2) is 18.1. The lowest BCUT2D eigenvalue weighted by Crippen LogP contribution is -2.27. The Kier molecular flexibility index (Phi) is 13.2. The summed E-state index contributed by atoms with van der Waals surface area (Å²) >= 11 is 0. The fraction of sp³-hybridized carbons (Fsp3) is 0.323. The summed E-state index contributed by atoms with van der Waals surface area (Å²) in [5, 5.41) is 12.5. The summed E-state index contributed by atoms with van der Waals surface area (Å²) in [6.45, 7) is 4.12. The number of carbonyl (C=O) groups is 1. The first-order chi connectivity index (χ1) is 21.6. The highest BCUT2D eigenvalue weighted by Crippen LogP contribution is 2.13. The Morgan fingerprint density at radius 1 is 0.727 bits per heavy atom. The monoisotopic (exact) mass is 603 g/mol. The highest BCUT2D eigenvalue weighted by atomic mass is 19.1. The smallest absolute Gasteiger partial charge is 0.251 e. The molecule has 4 aromatic rings. The molecule has 0 atom stereocenters. The number of carbonyl (C=O) groups excluding carboxylic acids is 1. The zero-order valence-electron chi connectivity index (χ0n) is 24.5. The number of hydrogen-bond acceptors (Lipinski definition) is 11. The zero-order chi connectivity index (χ0) is 30.8. The summed E-state index contributed by atoms with van der Waals surface area (Å²) in [5.41, 5.74) is 8.69. The lowest BCUT2D eigenvalue weighted by atomic mass is 10.1. The van der Waals surface area contributed by atoms with Crippen LogP contribution in [0.25, 0.3) is 0 Å². The third-order valence-electron chi connectivity index (χ3n) is 6.22. The quantitative estimate of drug-likeness (QED) is 0.100. The van der Waals surface area contributed by atoms with Crippen molar-refractivity contribution in [3.63, 3.8) is 0 Å². The molecule has 12 nitrogen and oxygen atoms in total. The lowest BCUT2D eigenvalue weighted by molar-refractivity contribution is 0.0511. The molecule has 13 heteroatoms. The summed E-state index contributed by atoms with van der Waals surface area (Å²) in [6.07, 6.45) is 2.46. The number of nitrogens with zero attached hydrogens (tertiary/aromatic N) is 4. The van der Waals surface area contributed by atoms with Gasteiger partial charge in [-0.1, -0.05) is 30.3 Å². The number of hydrogen-bond donors (Lipinski definition) is 5. The highest BCUT2D eigenvalue weighted by molar-refractivity contribution is 5.94. The second-order valence-electron chi connectivity index (χ2n) is 9.60. The van der Waals surface area contributed by atoms with Crippen molar-refractivity contribution in [3.05, 3.63) is 101 Å². The fourth-order valence-electron chi connectivity index (χ4n) is 3.94. The number of amides is 1. The van der Waals surface area contributed by atoms with Gasteiger partial charge in [0.05, 0.1) is 26.4 Å². The van der Waals surface area contributed by atoms with Gasteiger partial charge in [-0.05, 0) is 47.5 Å². The van der Waals surface area contributed by atoms with Gasteiger partial charge in [-0.15, -0.1) is 0 Å². The summed E-state index contributed by atoms with van der Waals surface area (Å²) in [6, 6.07) is 19.3. The van der Waals surface area contributed by atoms with E-state index in [4.69, 9.17) is 15.2 Å². The lowest BCUT2D eigenvalue weighted by Gasteiger charge is -2.12. The Balaban J connectivity index is 1.30. The Hall–Kier alpha value is -4.72. The largest absolute Gasteiger partial charge is 0.378 e. The van der Waals surface area contributed by atoms with E-state index >= 15 is 0 Å². The minimum atomic E-state index is -0.292. The van der Waals surface area contributed by atoms with Crippen LogP contribution in [0.4, 0.5) is 22.2 Å². The van der Waals surface area contributed by atoms with Gasteiger partial charge in [0.25, 0.3) is 5.91 Å². The number of aromatic nitrogens is 4. The van der Waals surface area contributed by atoms with Gasteiger partial charge in [-0.25, -0.2) is 4.39 Å². The molecule has 0 unspecified atom stereocenters. The highest BCUT2D eigenvalue weighted by Gasteiger charge is 2.09. The maximum absolute atomic E-state index is 13.3. The van der Waals surface area contributed by atoms with Crippen LogP contribution in [0.2, 0.25) is 0 Å². The summed E-state index contributed by atoms with van der Waals surface area (Å²) in [5.74, 6) is 0.671. The minimum absolute atomic E-state index is 0.178. The fourth-order valence-corrected chi connectivity index (χ4v) is 3.94. The molecule has 6 N–H and O–H groups in total.